The number of benzene rings is 1. The fourth-order valence-electron chi connectivity index (χ4n) is 3.28. The van der Waals surface area contributed by atoms with E-state index in [1.165, 1.54) is 6.42 Å². The minimum Gasteiger partial charge on any atom is -0.495 e. The third-order valence-electron chi connectivity index (χ3n) is 4.39. The zero-order valence-corrected chi connectivity index (χ0v) is 17.3. The molecule has 1 aliphatic carbocycles. The van der Waals surface area contributed by atoms with Gasteiger partial charge >= 0.3 is 0 Å². The first kappa shape index (κ1) is 17.9. The topological polar surface area (TPSA) is 41.6 Å². The van der Waals surface area contributed by atoms with Gasteiger partial charge in [-0.3, -0.25) is 9.69 Å². The van der Waals surface area contributed by atoms with Crippen molar-refractivity contribution in [2.24, 2.45) is 0 Å². The quantitative estimate of drug-likeness (QED) is 0.514. The van der Waals surface area contributed by atoms with Gasteiger partial charge in [0.05, 0.1) is 11.6 Å². The van der Waals surface area contributed by atoms with E-state index in [9.17, 15) is 4.79 Å². The Morgan fingerprint density at radius 3 is 2.67 bits per heavy atom. The molecule has 128 valence electrons. The number of rotatable bonds is 3. The average molecular weight is 474 g/mol. The van der Waals surface area contributed by atoms with E-state index in [1.54, 1.807) is 18.1 Å². The molecule has 24 heavy (non-hydrogen) atoms. The number of hydrogen-bond acceptors (Lipinski definition) is 3. The molecule has 1 saturated carbocycles. The molecule has 1 aromatic rings. The lowest BCUT2D eigenvalue weighted by molar-refractivity contribution is -0.124. The van der Waals surface area contributed by atoms with Crippen molar-refractivity contribution in [2.45, 2.75) is 38.1 Å². The molecule has 2 fully saturated rings. The van der Waals surface area contributed by atoms with Crippen LogP contribution < -0.4 is 10.1 Å². The highest BCUT2D eigenvalue weighted by Gasteiger charge is 2.36. The highest BCUT2D eigenvalue weighted by Crippen LogP contribution is 2.35. The molecule has 7 heteroatoms. The second-order valence-electron chi connectivity index (χ2n) is 5.97. The summed E-state index contributed by atoms with van der Waals surface area (Å²) in [5.74, 6) is 0.632. The number of ether oxygens (including phenoxy) is 1. The summed E-state index contributed by atoms with van der Waals surface area (Å²) < 4.78 is 7.17. The molecule has 1 heterocycles. The van der Waals surface area contributed by atoms with E-state index in [4.69, 9.17) is 17.0 Å². The predicted octanol–water partition coefficient (Wildman–Crippen LogP) is 4.61. The van der Waals surface area contributed by atoms with Gasteiger partial charge in [0, 0.05) is 16.1 Å². The smallest absolute Gasteiger partial charge is 0.276 e. The Balaban J connectivity index is 1.92. The van der Waals surface area contributed by atoms with Gasteiger partial charge in [-0.1, -0.05) is 35.2 Å². The summed E-state index contributed by atoms with van der Waals surface area (Å²) in [5.41, 5.74) is 1.30. The third-order valence-corrected chi connectivity index (χ3v) is 5.74. The molecular weight excluding hydrogens is 456 g/mol. The number of carbonyl (C=O) groups is 1. The van der Waals surface area contributed by atoms with Crippen molar-refractivity contribution in [1.82, 2.24) is 10.2 Å². The molecular formula is C17H18Br2N2O2S. The number of carbonyl (C=O) groups excluding carboxylic acids is 1. The molecule has 1 N–H and O–H groups in total. The summed E-state index contributed by atoms with van der Waals surface area (Å²) in [5, 5.41) is 3.58. The van der Waals surface area contributed by atoms with Gasteiger partial charge in [-0.2, -0.15) is 0 Å². The van der Waals surface area contributed by atoms with Gasteiger partial charge in [0.25, 0.3) is 5.91 Å². The Morgan fingerprint density at radius 2 is 2.00 bits per heavy atom. The number of thiocarbonyl (C=S) groups is 1. The van der Waals surface area contributed by atoms with Crippen molar-refractivity contribution in [3.05, 3.63) is 32.3 Å². The average Bonchev–Trinajstić information content (AvgIpc) is 2.82. The molecule has 3 rings (SSSR count). The standard InChI is InChI=1S/C17H18Br2N2O2S/c1-23-15-10(7-11(18)9-13(15)19)8-14-16(22)21(17(24)20-14)12-5-3-2-4-6-12/h7-9,12H,2-6H2,1H3,(H,20,24)/b14-8-. The largest absolute Gasteiger partial charge is 0.495 e. The predicted molar refractivity (Wildman–Crippen MR) is 106 cm³/mol. The molecule has 0 atom stereocenters. The molecule has 0 bridgehead atoms. The number of methoxy groups -OCH3 is 1. The molecule has 0 radical (unpaired) electrons. The van der Waals surface area contributed by atoms with Crippen LogP contribution >= 0.6 is 44.1 Å². The van der Waals surface area contributed by atoms with E-state index in [2.05, 4.69) is 37.2 Å². The maximum absolute atomic E-state index is 12.8. The van der Waals surface area contributed by atoms with Crippen molar-refractivity contribution in [3.8, 4) is 5.75 Å². The number of nitrogens with one attached hydrogen (secondary N) is 1. The van der Waals surface area contributed by atoms with Crippen molar-refractivity contribution in [3.63, 3.8) is 0 Å². The Morgan fingerprint density at radius 1 is 1.29 bits per heavy atom. The summed E-state index contributed by atoms with van der Waals surface area (Å²) >= 11 is 12.4. The van der Waals surface area contributed by atoms with Crippen LogP contribution in [0.1, 0.15) is 37.7 Å². The van der Waals surface area contributed by atoms with Crippen molar-refractivity contribution < 1.29 is 9.53 Å². The van der Waals surface area contributed by atoms with Crippen LogP contribution in [-0.2, 0) is 4.79 Å². The first-order chi connectivity index (χ1) is 11.5. The summed E-state index contributed by atoms with van der Waals surface area (Å²) in [7, 11) is 1.61. The fourth-order valence-corrected chi connectivity index (χ4v) is 5.04. The summed E-state index contributed by atoms with van der Waals surface area (Å²) in [6, 6.07) is 4.04. The molecule has 0 unspecified atom stereocenters. The van der Waals surface area contributed by atoms with E-state index in [0.717, 1.165) is 40.2 Å². The molecule has 0 spiro atoms. The van der Waals surface area contributed by atoms with Gasteiger partial charge < -0.3 is 10.1 Å². The van der Waals surface area contributed by atoms with Crippen LogP contribution in [0.15, 0.2) is 26.8 Å². The minimum absolute atomic E-state index is 0.0509. The lowest BCUT2D eigenvalue weighted by Gasteiger charge is -2.29. The Hall–Kier alpha value is -0.920. The lowest BCUT2D eigenvalue weighted by Crippen LogP contribution is -2.41. The Kier molecular flexibility index (Phi) is 5.62. The number of halogens is 2. The fraction of sp³-hybridized carbons (Fsp3) is 0.412. The van der Waals surface area contributed by atoms with Crippen LogP contribution in [0.4, 0.5) is 0 Å². The van der Waals surface area contributed by atoms with E-state index in [0.29, 0.717) is 16.6 Å². The molecule has 0 aromatic heterocycles. The summed E-state index contributed by atoms with van der Waals surface area (Å²) in [6.07, 6.45) is 7.39. The number of hydrogen-bond donors (Lipinski definition) is 1. The van der Waals surface area contributed by atoms with Gasteiger partial charge in [0.2, 0.25) is 0 Å². The van der Waals surface area contributed by atoms with E-state index < -0.39 is 0 Å². The van der Waals surface area contributed by atoms with Crippen molar-refractivity contribution in [2.75, 3.05) is 7.11 Å². The van der Waals surface area contributed by atoms with Crippen LogP contribution in [0, 0.1) is 0 Å². The molecule has 2 aliphatic rings. The maximum Gasteiger partial charge on any atom is 0.276 e. The summed E-state index contributed by atoms with van der Waals surface area (Å²) in [4.78, 5) is 14.6. The first-order valence-electron chi connectivity index (χ1n) is 7.90. The molecule has 1 aliphatic heterocycles. The van der Waals surface area contributed by atoms with Gasteiger partial charge in [-0.15, -0.1) is 0 Å². The Bertz CT molecular complexity index is 715. The van der Waals surface area contributed by atoms with Crippen LogP contribution in [0.5, 0.6) is 5.75 Å². The highest BCUT2D eigenvalue weighted by atomic mass is 79.9. The second kappa shape index (κ2) is 7.54. The monoisotopic (exact) mass is 472 g/mol. The van der Waals surface area contributed by atoms with Gasteiger partial charge in [0.15, 0.2) is 5.11 Å². The first-order valence-corrected chi connectivity index (χ1v) is 9.90. The van der Waals surface area contributed by atoms with Gasteiger partial charge in [-0.25, -0.2) is 0 Å². The molecule has 4 nitrogen and oxygen atoms in total. The van der Waals surface area contributed by atoms with E-state index in [-0.39, 0.29) is 11.9 Å². The second-order valence-corrected chi connectivity index (χ2v) is 8.12. The zero-order valence-electron chi connectivity index (χ0n) is 13.3. The lowest BCUT2D eigenvalue weighted by atomic mass is 9.94. The highest BCUT2D eigenvalue weighted by molar-refractivity contribution is 9.11. The summed E-state index contributed by atoms with van der Waals surface area (Å²) in [6.45, 7) is 0. The third kappa shape index (κ3) is 3.53. The van der Waals surface area contributed by atoms with Gasteiger partial charge in [0.1, 0.15) is 11.4 Å². The van der Waals surface area contributed by atoms with Crippen LogP contribution in [0.2, 0.25) is 0 Å². The number of nitrogens with zero attached hydrogens (tertiary/aromatic N) is 1. The SMILES string of the molecule is COc1c(Br)cc(Br)cc1/C=C1\NC(=S)N(C2CCCCC2)C1=O. The zero-order chi connectivity index (χ0) is 17.3. The molecule has 1 saturated heterocycles. The van der Waals surface area contributed by atoms with E-state index in [1.807, 2.05) is 12.1 Å². The number of amides is 1. The maximum atomic E-state index is 12.8. The van der Waals surface area contributed by atoms with Crippen molar-refractivity contribution in [1.29, 1.82) is 0 Å². The van der Waals surface area contributed by atoms with E-state index >= 15 is 0 Å². The van der Waals surface area contributed by atoms with Gasteiger partial charge in [-0.05, 0) is 59.2 Å². The molecule has 1 aromatic carbocycles. The van der Waals surface area contributed by atoms with Crippen LogP contribution in [0.3, 0.4) is 0 Å². The van der Waals surface area contributed by atoms with Crippen LogP contribution in [0.25, 0.3) is 6.08 Å². The molecule has 1 amide bonds. The normalized spacial score (nSPS) is 20.6. The van der Waals surface area contributed by atoms with Crippen LogP contribution in [-0.4, -0.2) is 29.1 Å². The minimum atomic E-state index is -0.0509. The van der Waals surface area contributed by atoms with Crippen molar-refractivity contribution >= 4 is 61.2 Å². The Labute approximate surface area is 163 Å².